The van der Waals surface area contributed by atoms with Gasteiger partial charge in [0, 0.05) is 37.0 Å². The molecule has 8 nitrogen and oxygen atoms in total. The number of aliphatic imine (C=N–C) groups is 1. The zero-order chi connectivity index (χ0) is 20.5. The summed E-state index contributed by atoms with van der Waals surface area (Å²) in [4.78, 5) is 32.6. The molecule has 0 unspecified atom stereocenters. The molecule has 1 aromatic carbocycles. The molecule has 5 N–H and O–H groups in total. The van der Waals surface area contributed by atoms with Gasteiger partial charge in [0.15, 0.2) is 5.96 Å². The van der Waals surface area contributed by atoms with Crippen LogP contribution >= 0.6 is 11.3 Å². The van der Waals surface area contributed by atoms with E-state index in [0.717, 1.165) is 29.2 Å². The number of hydrogen-bond donors (Lipinski definition) is 4. The highest BCUT2D eigenvalue weighted by molar-refractivity contribution is 7.11. The van der Waals surface area contributed by atoms with Crippen molar-refractivity contribution in [1.82, 2.24) is 20.9 Å². The molecule has 0 atom stereocenters. The number of carbonyl (C=O) groups is 2. The van der Waals surface area contributed by atoms with Gasteiger partial charge in [-0.3, -0.25) is 14.6 Å². The van der Waals surface area contributed by atoms with Gasteiger partial charge in [-0.15, -0.1) is 11.3 Å². The fourth-order valence-electron chi connectivity index (χ4n) is 2.38. The number of carbonyl (C=O) groups excluding carboxylic acids is 2. The largest absolute Gasteiger partial charge is 0.368 e. The van der Waals surface area contributed by atoms with E-state index in [1.54, 1.807) is 30.5 Å². The molecule has 2 rings (SSSR count). The Morgan fingerprint density at radius 3 is 2.43 bits per heavy atom. The molecule has 9 heteroatoms. The van der Waals surface area contributed by atoms with E-state index in [1.165, 1.54) is 4.88 Å². The molecule has 0 aliphatic heterocycles. The number of aryl methyl sites for hydroxylation is 2. The maximum atomic E-state index is 11.9. The van der Waals surface area contributed by atoms with Crippen molar-refractivity contribution in [1.29, 1.82) is 0 Å². The third kappa shape index (κ3) is 6.66. The quantitative estimate of drug-likeness (QED) is 0.386. The second-order valence-corrected chi connectivity index (χ2v) is 7.49. The predicted octanol–water partition coefficient (Wildman–Crippen LogP) is 0.883. The van der Waals surface area contributed by atoms with Crippen LogP contribution in [0.15, 0.2) is 29.3 Å². The molecule has 0 saturated carbocycles. The van der Waals surface area contributed by atoms with Crippen molar-refractivity contribution in [3.05, 3.63) is 51.0 Å². The molecule has 0 radical (unpaired) electrons. The fraction of sp³-hybridized carbons (Fsp3) is 0.368. The fourth-order valence-corrected chi connectivity index (χ4v) is 3.32. The Hall–Kier alpha value is -2.94. The normalized spacial score (nSPS) is 11.2. The van der Waals surface area contributed by atoms with E-state index in [1.807, 2.05) is 19.1 Å². The molecule has 28 heavy (non-hydrogen) atoms. The molecule has 0 saturated heterocycles. The molecule has 0 aliphatic carbocycles. The average Bonchev–Trinajstić information content (AvgIpc) is 3.00. The van der Waals surface area contributed by atoms with Gasteiger partial charge in [-0.05, 0) is 31.5 Å². The van der Waals surface area contributed by atoms with Crippen LogP contribution in [0, 0.1) is 13.8 Å². The second-order valence-electron chi connectivity index (χ2n) is 6.20. The molecular weight excluding hydrogens is 376 g/mol. The number of aromatic nitrogens is 1. The van der Waals surface area contributed by atoms with E-state index in [2.05, 4.69) is 32.9 Å². The topological polar surface area (TPSA) is 122 Å². The van der Waals surface area contributed by atoms with E-state index in [4.69, 9.17) is 5.73 Å². The minimum atomic E-state index is -0.576. The molecule has 0 aliphatic rings. The van der Waals surface area contributed by atoms with Crippen molar-refractivity contribution in [3.63, 3.8) is 0 Å². The Bertz CT molecular complexity index is 825. The molecule has 150 valence electrons. The maximum Gasteiger partial charge on any atom is 0.251 e. The maximum absolute atomic E-state index is 11.9. The summed E-state index contributed by atoms with van der Waals surface area (Å²) in [6.07, 6.45) is 0.842. The SMILES string of the molecule is CN=C(NCCc1nc(C)c(C)s1)NCc1ccc(C(=O)NCC(N)=O)cc1. The Morgan fingerprint density at radius 2 is 1.86 bits per heavy atom. The van der Waals surface area contributed by atoms with Crippen LogP contribution < -0.4 is 21.7 Å². The molecule has 1 heterocycles. The lowest BCUT2D eigenvalue weighted by molar-refractivity contribution is -0.117. The molecular formula is C19H26N6O2S. The smallest absolute Gasteiger partial charge is 0.251 e. The van der Waals surface area contributed by atoms with Crippen LogP contribution in [0.5, 0.6) is 0 Å². The number of amides is 2. The lowest BCUT2D eigenvalue weighted by Gasteiger charge is -2.11. The van der Waals surface area contributed by atoms with Gasteiger partial charge < -0.3 is 21.7 Å². The Labute approximate surface area is 168 Å². The van der Waals surface area contributed by atoms with Crippen LogP contribution in [0.1, 0.15) is 31.5 Å². The van der Waals surface area contributed by atoms with E-state index in [0.29, 0.717) is 18.1 Å². The third-order valence-electron chi connectivity index (χ3n) is 4.03. The zero-order valence-corrected chi connectivity index (χ0v) is 17.2. The number of nitrogens with two attached hydrogens (primary N) is 1. The van der Waals surface area contributed by atoms with Crippen molar-refractivity contribution in [2.75, 3.05) is 20.1 Å². The van der Waals surface area contributed by atoms with Gasteiger partial charge in [-0.1, -0.05) is 12.1 Å². The van der Waals surface area contributed by atoms with Crippen LogP contribution in [-0.2, 0) is 17.8 Å². The highest BCUT2D eigenvalue weighted by Gasteiger charge is 2.07. The molecule has 0 fully saturated rings. The zero-order valence-electron chi connectivity index (χ0n) is 16.3. The van der Waals surface area contributed by atoms with Gasteiger partial charge in [-0.25, -0.2) is 4.98 Å². The monoisotopic (exact) mass is 402 g/mol. The summed E-state index contributed by atoms with van der Waals surface area (Å²) in [6.45, 7) is 5.24. The summed E-state index contributed by atoms with van der Waals surface area (Å²) >= 11 is 1.72. The van der Waals surface area contributed by atoms with E-state index in [-0.39, 0.29) is 12.5 Å². The standard InChI is InChI=1S/C19H26N6O2S/c1-12-13(2)28-17(25-12)8-9-22-19(21-3)24-10-14-4-6-15(7-5-14)18(27)23-11-16(20)26/h4-7H,8-11H2,1-3H3,(H2,20,26)(H,23,27)(H2,21,22,24). The van der Waals surface area contributed by atoms with E-state index < -0.39 is 5.91 Å². The highest BCUT2D eigenvalue weighted by atomic mass is 32.1. The molecule has 0 bridgehead atoms. The van der Waals surface area contributed by atoms with Crippen molar-refractivity contribution >= 4 is 29.1 Å². The first-order valence-corrected chi connectivity index (χ1v) is 9.73. The average molecular weight is 403 g/mol. The van der Waals surface area contributed by atoms with E-state index in [9.17, 15) is 9.59 Å². The van der Waals surface area contributed by atoms with E-state index >= 15 is 0 Å². The highest BCUT2D eigenvalue weighted by Crippen LogP contribution is 2.16. The van der Waals surface area contributed by atoms with Gasteiger partial charge >= 0.3 is 0 Å². The minimum absolute atomic E-state index is 0.176. The molecule has 2 amide bonds. The summed E-state index contributed by atoms with van der Waals surface area (Å²) in [7, 11) is 1.72. The Morgan fingerprint density at radius 1 is 1.14 bits per heavy atom. The Balaban J connectivity index is 1.77. The van der Waals surface area contributed by atoms with Gasteiger partial charge in [-0.2, -0.15) is 0 Å². The van der Waals surface area contributed by atoms with Gasteiger partial charge in [0.1, 0.15) is 0 Å². The van der Waals surface area contributed by atoms with Gasteiger partial charge in [0.25, 0.3) is 5.91 Å². The van der Waals surface area contributed by atoms with Crippen molar-refractivity contribution < 1.29 is 9.59 Å². The number of rotatable bonds is 8. The Kier molecular flexibility index (Phi) is 7.94. The first-order chi connectivity index (χ1) is 13.4. The van der Waals surface area contributed by atoms with Crippen LogP contribution in [0.4, 0.5) is 0 Å². The minimum Gasteiger partial charge on any atom is -0.368 e. The lowest BCUT2D eigenvalue weighted by Crippen LogP contribution is -2.37. The summed E-state index contributed by atoms with van der Waals surface area (Å²) in [5.41, 5.74) is 7.58. The first kappa shape index (κ1) is 21.4. The third-order valence-corrected chi connectivity index (χ3v) is 5.16. The van der Waals surface area contributed by atoms with Crippen molar-refractivity contribution in [3.8, 4) is 0 Å². The number of benzene rings is 1. The van der Waals surface area contributed by atoms with Crippen LogP contribution in [-0.4, -0.2) is 42.9 Å². The van der Waals surface area contributed by atoms with Crippen molar-refractivity contribution in [2.24, 2.45) is 10.7 Å². The number of guanidine groups is 1. The molecule has 2 aromatic rings. The summed E-state index contributed by atoms with van der Waals surface area (Å²) in [5.74, 6) is -0.204. The van der Waals surface area contributed by atoms with Crippen LogP contribution in [0.3, 0.4) is 0 Å². The van der Waals surface area contributed by atoms with Crippen molar-refractivity contribution in [2.45, 2.75) is 26.8 Å². The van der Waals surface area contributed by atoms with Crippen LogP contribution in [0.25, 0.3) is 0 Å². The first-order valence-electron chi connectivity index (χ1n) is 8.92. The van der Waals surface area contributed by atoms with Gasteiger partial charge in [0.2, 0.25) is 5.91 Å². The summed E-state index contributed by atoms with van der Waals surface area (Å²) in [5, 5.41) is 10.1. The number of primary amides is 1. The number of nitrogens with zero attached hydrogens (tertiary/aromatic N) is 2. The number of thiazole rings is 1. The number of nitrogens with one attached hydrogen (secondary N) is 3. The van der Waals surface area contributed by atoms with Crippen LogP contribution in [0.2, 0.25) is 0 Å². The summed E-state index contributed by atoms with van der Waals surface area (Å²) in [6, 6.07) is 7.11. The summed E-state index contributed by atoms with van der Waals surface area (Å²) < 4.78 is 0. The molecule has 1 aromatic heterocycles. The lowest BCUT2D eigenvalue weighted by atomic mass is 10.1. The van der Waals surface area contributed by atoms with Gasteiger partial charge in [0.05, 0.1) is 17.2 Å². The predicted molar refractivity (Wildman–Crippen MR) is 111 cm³/mol. The second kappa shape index (κ2) is 10.4. The molecule has 0 spiro atoms. The number of hydrogen-bond acceptors (Lipinski definition) is 5.